The maximum absolute atomic E-state index is 12.0. The van der Waals surface area contributed by atoms with E-state index in [1.54, 1.807) is 24.5 Å². The highest BCUT2D eigenvalue weighted by Gasteiger charge is 2.13. The lowest BCUT2D eigenvalue weighted by atomic mass is 10.2. The van der Waals surface area contributed by atoms with E-state index < -0.39 is 0 Å². The predicted molar refractivity (Wildman–Crippen MR) is 70.9 cm³/mol. The Labute approximate surface area is 114 Å². The highest BCUT2D eigenvalue weighted by Crippen LogP contribution is 2.22. The minimum Gasteiger partial charge on any atom is -0.347 e. The molecule has 1 atom stereocenters. The van der Waals surface area contributed by atoms with Gasteiger partial charge in [0.05, 0.1) is 16.1 Å². The van der Waals surface area contributed by atoms with Gasteiger partial charge in [-0.05, 0) is 25.1 Å². The number of halogens is 2. The Hall–Kier alpha value is -1.52. The van der Waals surface area contributed by atoms with E-state index in [9.17, 15) is 4.79 Å². The van der Waals surface area contributed by atoms with Crippen molar-refractivity contribution in [3.8, 4) is 0 Å². The van der Waals surface area contributed by atoms with Gasteiger partial charge in [0.2, 0.25) is 0 Å². The van der Waals surface area contributed by atoms with Crippen molar-refractivity contribution in [1.82, 2.24) is 15.3 Å². The van der Waals surface area contributed by atoms with E-state index in [0.717, 1.165) is 0 Å². The average molecular weight is 284 g/mol. The molecule has 0 aliphatic heterocycles. The topological polar surface area (TPSA) is 57.8 Å². The average Bonchev–Trinajstić information content (AvgIpc) is 2.86. The van der Waals surface area contributed by atoms with Crippen molar-refractivity contribution in [3.05, 3.63) is 52.0 Å². The van der Waals surface area contributed by atoms with E-state index in [1.165, 1.54) is 6.07 Å². The van der Waals surface area contributed by atoms with Crippen LogP contribution in [0.4, 0.5) is 0 Å². The normalized spacial score (nSPS) is 12.2. The van der Waals surface area contributed by atoms with Crippen LogP contribution in [0.5, 0.6) is 0 Å². The first-order valence-electron chi connectivity index (χ1n) is 5.33. The third-order valence-corrected chi connectivity index (χ3v) is 3.20. The smallest absolute Gasteiger partial charge is 0.251 e. The number of hydrogen-bond acceptors (Lipinski definition) is 2. The van der Waals surface area contributed by atoms with E-state index >= 15 is 0 Å². The minimum atomic E-state index is -0.225. The van der Waals surface area contributed by atoms with Crippen LogP contribution in [-0.2, 0) is 0 Å². The van der Waals surface area contributed by atoms with Crippen LogP contribution >= 0.6 is 23.2 Å². The Morgan fingerprint density at radius 1 is 1.39 bits per heavy atom. The van der Waals surface area contributed by atoms with E-state index in [2.05, 4.69) is 15.3 Å². The van der Waals surface area contributed by atoms with Crippen molar-refractivity contribution >= 4 is 29.1 Å². The Kier molecular flexibility index (Phi) is 3.89. The molecule has 1 heterocycles. The summed E-state index contributed by atoms with van der Waals surface area (Å²) in [6, 6.07) is 4.55. The fraction of sp³-hybridized carbons (Fsp3) is 0.167. The maximum atomic E-state index is 12.0. The summed E-state index contributed by atoms with van der Waals surface area (Å²) in [5, 5.41) is 3.59. The number of nitrogens with zero attached hydrogens (tertiary/aromatic N) is 1. The third kappa shape index (κ3) is 2.83. The van der Waals surface area contributed by atoms with Gasteiger partial charge in [-0.3, -0.25) is 4.79 Å². The number of imidazole rings is 1. The number of aromatic nitrogens is 2. The molecule has 1 amide bonds. The zero-order chi connectivity index (χ0) is 13.1. The molecule has 0 saturated heterocycles. The van der Waals surface area contributed by atoms with E-state index in [1.807, 2.05) is 6.92 Å². The molecule has 1 aromatic carbocycles. The summed E-state index contributed by atoms with van der Waals surface area (Å²) < 4.78 is 0. The number of hydrogen-bond donors (Lipinski definition) is 2. The molecule has 4 nitrogen and oxygen atoms in total. The summed E-state index contributed by atoms with van der Waals surface area (Å²) in [5.74, 6) is 0.473. The van der Waals surface area contributed by atoms with Gasteiger partial charge in [0, 0.05) is 18.0 Å². The van der Waals surface area contributed by atoms with Crippen molar-refractivity contribution in [1.29, 1.82) is 0 Å². The molecule has 0 saturated carbocycles. The third-order valence-electron chi connectivity index (χ3n) is 2.46. The van der Waals surface area contributed by atoms with Crippen LogP contribution in [0, 0.1) is 0 Å². The van der Waals surface area contributed by atoms with Crippen molar-refractivity contribution in [2.75, 3.05) is 0 Å². The van der Waals surface area contributed by atoms with Crippen LogP contribution < -0.4 is 5.32 Å². The molecule has 1 unspecified atom stereocenters. The number of benzene rings is 1. The molecule has 2 N–H and O–H groups in total. The van der Waals surface area contributed by atoms with Gasteiger partial charge in [-0.15, -0.1) is 0 Å². The second-order valence-corrected chi connectivity index (χ2v) is 4.61. The molecular weight excluding hydrogens is 273 g/mol. The van der Waals surface area contributed by atoms with Crippen molar-refractivity contribution in [2.45, 2.75) is 13.0 Å². The molecule has 0 radical (unpaired) electrons. The van der Waals surface area contributed by atoms with Crippen LogP contribution in [0.25, 0.3) is 0 Å². The quantitative estimate of drug-likeness (QED) is 0.909. The second-order valence-electron chi connectivity index (χ2n) is 3.80. The van der Waals surface area contributed by atoms with Gasteiger partial charge < -0.3 is 10.3 Å². The fourth-order valence-electron chi connectivity index (χ4n) is 1.50. The lowest BCUT2D eigenvalue weighted by Crippen LogP contribution is -2.27. The monoisotopic (exact) mass is 283 g/mol. The number of nitrogens with one attached hydrogen (secondary N) is 2. The maximum Gasteiger partial charge on any atom is 0.251 e. The first-order chi connectivity index (χ1) is 8.58. The Bertz CT molecular complexity index is 554. The van der Waals surface area contributed by atoms with Crippen molar-refractivity contribution in [2.24, 2.45) is 0 Å². The van der Waals surface area contributed by atoms with Crippen molar-refractivity contribution in [3.63, 3.8) is 0 Å². The number of aromatic amines is 1. The van der Waals surface area contributed by atoms with Gasteiger partial charge >= 0.3 is 0 Å². The van der Waals surface area contributed by atoms with Crippen LogP contribution in [0.15, 0.2) is 30.6 Å². The molecule has 0 fully saturated rings. The molecule has 18 heavy (non-hydrogen) atoms. The first-order valence-corrected chi connectivity index (χ1v) is 6.08. The molecule has 0 aliphatic rings. The van der Waals surface area contributed by atoms with Gasteiger partial charge in [-0.1, -0.05) is 23.2 Å². The molecule has 2 aromatic rings. The molecule has 94 valence electrons. The molecule has 6 heteroatoms. The van der Waals surface area contributed by atoms with E-state index in [0.29, 0.717) is 21.4 Å². The Balaban J connectivity index is 2.10. The largest absolute Gasteiger partial charge is 0.347 e. The molecule has 0 spiro atoms. The van der Waals surface area contributed by atoms with Gasteiger partial charge in [0.25, 0.3) is 5.91 Å². The number of amides is 1. The second kappa shape index (κ2) is 5.42. The van der Waals surface area contributed by atoms with Crippen LogP contribution in [-0.4, -0.2) is 15.9 Å². The minimum absolute atomic E-state index is 0.207. The van der Waals surface area contributed by atoms with E-state index in [4.69, 9.17) is 23.2 Å². The van der Waals surface area contributed by atoms with Crippen LogP contribution in [0.3, 0.4) is 0 Å². The number of carbonyl (C=O) groups excluding carboxylic acids is 1. The van der Waals surface area contributed by atoms with Crippen LogP contribution in [0.1, 0.15) is 29.1 Å². The van der Waals surface area contributed by atoms with Crippen LogP contribution in [0.2, 0.25) is 10.0 Å². The lowest BCUT2D eigenvalue weighted by Gasteiger charge is -2.11. The summed E-state index contributed by atoms with van der Waals surface area (Å²) in [7, 11) is 0. The number of carbonyl (C=O) groups is 1. The lowest BCUT2D eigenvalue weighted by molar-refractivity contribution is 0.0938. The molecule has 1 aromatic heterocycles. The first kappa shape index (κ1) is 12.9. The summed E-state index contributed by atoms with van der Waals surface area (Å²) in [5.41, 5.74) is 0.461. The standard InChI is InChI=1S/C12H11Cl2N3O/c1-7(11-15-4-5-16-11)17-12(18)8-2-3-9(13)10(14)6-8/h2-7H,1H3,(H,15,16)(H,17,18). The molecule has 0 bridgehead atoms. The summed E-state index contributed by atoms with van der Waals surface area (Å²) >= 11 is 11.7. The highest BCUT2D eigenvalue weighted by molar-refractivity contribution is 6.42. The molecule has 2 rings (SSSR count). The van der Waals surface area contributed by atoms with E-state index in [-0.39, 0.29) is 11.9 Å². The zero-order valence-corrected chi connectivity index (χ0v) is 11.1. The SMILES string of the molecule is CC(NC(=O)c1ccc(Cl)c(Cl)c1)c1ncc[nH]1. The molecular formula is C12H11Cl2N3O. The molecule has 0 aliphatic carbocycles. The number of H-pyrrole nitrogens is 1. The van der Waals surface area contributed by atoms with Gasteiger partial charge in [0.15, 0.2) is 0 Å². The summed E-state index contributed by atoms with van der Waals surface area (Å²) in [6.07, 6.45) is 3.34. The predicted octanol–water partition coefficient (Wildman–Crippen LogP) is 3.21. The Morgan fingerprint density at radius 2 is 2.17 bits per heavy atom. The number of rotatable bonds is 3. The fourth-order valence-corrected chi connectivity index (χ4v) is 1.80. The Morgan fingerprint density at radius 3 is 2.78 bits per heavy atom. The highest BCUT2D eigenvalue weighted by atomic mass is 35.5. The zero-order valence-electron chi connectivity index (χ0n) is 9.58. The summed E-state index contributed by atoms with van der Waals surface area (Å²) in [6.45, 7) is 1.84. The van der Waals surface area contributed by atoms with Gasteiger partial charge in [0.1, 0.15) is 5.82 Å². The van der Waals surface area contributed by atoms with Crippen molar-refractivity contribution < 1.29 is 4.79 Å². The summed E-state index contributed by atoms with van der Waals surface area (Å²) in [4.78, 5) is 19.0. The van der Waals surface area contributed by atoms with Gasteiger partial charge in [-0.2, -0.15) is 0 Å². The van der Waals surface area contributed by atoms with Gasteiger partial charge in [-0.25, -0.2) is 4.98 Å².